The smallest absolute Gasteiger partial charge is 0.174 e. The van der Waals surface area contributed by atoms with Gasteiger partial charge in [0.25, 0.3) is 0 Å². The zero-order valence-corrected chi connectivity index (χ0v) is 9.71. The first-order valence-corrected chi connectivity index (χ1v) is 5.37. The van der Waals surface area contributed by atoms with E-state index in [-0.39, 0.29) is 6.04 Å². The van der Waals surface area contributed by atoms with Gasteiger partial charge in [0.1, 0.15) is 0 Å². The fourth-order valence-corrected chi connectivity index (χ4v) is 1.14. The van der Waals surface area contributed by atoms with Gasteiger partial charge in [-0.1, -0.05) is 19.9 Å². The van der Waals surface area contributed by atoms with Crippen LogP contribution in [-0.4, -0.2) is 24.0 Å². The van der Waals surface area contributed by atoms with Gasteiger partial charge in [-0.15, -0.1) is 0 Å². The Kier molecular flexibility index (Phi) is 7.52. The van der Waals surface area contributed by atoms with Crippen molar-refractivity contribution >= 4 is 0 Å². The Morgan fingerprint density at radius 1 is 1.50 bits per heavy atom. The molecule has 0 spiro atoms. The molecule has 0 saturated carbocycles. The first kappa shape index (κ1) is 13.5. The second-order valence-corrected chi connectivity index (χ2v) is 3.36. The summed E-state index contributed by atoms with van der Waals surface area (Å²) in [5, 5.41) is 12.8. The van der Waals surface area contributed by atoms with Crippen LogP contribution in [0.25, 0.3) is 0 Å². The molecule has 14 heavy (non-hydrogen) atoms. The molecule has 0 aliphatic heterocycles. The normalized spacial score (nSPS) is 16.5. The van der Waals surface area contributed by atoms with Gasteiger partial charge in [-0.05, 0) is 26.7 Å². The predicted octanol–water partition coefficient (Wildman–Crippen LogP) is 2.02. The van der Waals surface area contributed by atoms with E-state index in [2.05, 4.69) is 12.2 Å². The topological polar surface area (TPSA) is 41.5 Å². The van der Waals surface area contributed by atoms with E-state index < -0.39 is 6.29 Å². The number of allylic oxidation sites excluding steroid dienone is 2. The monoisotopic (exact) mass is 201 g/mol. The molecular weight excluding hydrogens is 178 g/mol. The molecule has 0 aliphatic carbocycles. The first-order valence-electron chi connectivity index (χ1n) is 5.37. The fourth-order valence-electron chi connectivity index (χ4n) is 1.14. The minimum Gasteiger partial charge on any atom is -0.381 e. The molecule has 0 aromatic carbocycles. The maximum atomic E-state index is 9.58. The third-order valence-electron chi connectivity index (χ3n) is 2.06. The number of nitrogens with one attached hydrogen (secondary N) is 1. The van der Waals surface area contributed by atoms with E-state index in [1.165, 1.54) is 0 Å². The highest BCUT2D eigenvalue weighted by molar-refractivity contribution is 4.98. The second kappa shape index (κ2) is 7.83. The molecule has 84 valence electrons. The molecule has 0 fully saturated rings. The highest BCUT2D eigenvalue weighted by Crippen LogP contribution is 2.02. The van der Waals surface area contributed by atoms with Crippen molar-refractivity contribution in [2.45, 2.75) is 52.9 Å². The lowest BCUT2D eigenvalue weighted by atomic mass is 10.2. The van der Waals surface area contributed by atoms with Crippen molar-refractivity contribution in [3.63, 3.8) is 0 Å². The minimum absolute atomic E-state index is 0.0623. The maximum absolute atomic E-state index is 9.58. The minimum atomic E-state index is -0.726. The maximum Gasteiger partial charge on any atom is 0.174 e. The molecule has 2 N–H and O–H groups in total. The number of aliphatic hydroxyl groups excluding tert-OH is 1. The van der Waals surface area contributed by atoms with E-state index in [9.17, 15) is 5.11 Å². The number of rotatable bonds is 7. The van der Waals surface area contributed by atoms with Crippen LogP contribution < -0.4 is 5.32 Å². The SMILES string of the molecule is C/C=C(/CC)NC(C)C(O)OCCC. The number of aliphatic hydroxyl groups is 1. The molecular formula is C11H23NO2. The Morgan fingerprint density at radius 3 is 2.57 bits per heavy atom. The molecule has 0 heterocycles. The predicted molar refractivity (Wildman–Crippen MR) is 58.9 cm³/mol. The molecule has 0 aromatic rings. The second-order valence-electron chi connectivity index (χ2n) is 3.36. The molecule has 0 aliphatic rings. The van der Waals surface area contributed by atoms with Crippen LogP contribution in [0.15, 0.2) is 11.8 Å². The molecule has 3 nitrogen and oxygen atoms in total. The third kappa shape index (κ3) is 5.25. The van der Waals surface area contributed by atoms with Crippen molar-refractivity contribution < 1.29 is 9.84 Å². The molecule has 2 unspecified atom stereocenters. The zero-order valence-electron chi connectivity index (χ0n) is 9.71. The van der Waals surface area contributed by atoms with Crippen molar-refractivity contribution in [2.75, 3.05) is 6.61 Å². The van der Waals surface area contributed by atoms with Crippen molar-refractivity contribution in [1.29, 1.82) is 0 Å². The van der Waals surface area contributed by atoms with Gasteiger partial charge in [-0.3, -0.25) is 0 Å². The van der Waals surface area contributed by atoms with E-state index in [1.807, 2.05) is 26.8 Å². The van der Waals surface area contributed by atoms with E-state index >= 15 is 0 Å². The Hall–Kier alpha value is -0.540. The van der Waals surface area contributed by atoms with Crippen LogP contribution in [0.1, 0.15) is 40.5 Å². The van der Waals surface area contributed by atoms with Gasteiger partial charge < -0.3 is 15.2 Å². The van der Waals surface area contributed by atoms with Gasteiger partial charge in [-0.25, -0.2) is 0 Å². The molecule has 0 aromatic heterocycles. The first-order chi connectivity index (χ1) is 6.65. The van der Waals surface area contributed by atoms with Crippen molar-refractivity contribution in [1.82, 2.24) is 5.32 Å². The summed E-state index contributed by atoms with van der Waals surface area (Å²) in [5.41, 5.74) is 1.14. The van der Waals surface area contributed by atoms with Gasteiger partial charge >= 0.3 is 0 Å². The fraction of sp³-hybridized carbons (Fsp3) is 0.818. The molecule has 0 amide bonds. The van der Waals surface area contributed by atoms with Crippen LogP contribution in [0.4, 0.5) is 0 Å². The average molecular weight is 201 g/mol. The lowest BCUT2D eigenvalue weighted by molar-refractivity contribution is -0.114. The molecule has 3 heteroatoms. The molecule has 0 rings (SSSR count). The summed E-state index contributed by atoms with van der Waals surface area (Å²) < 4.78 is 5.21. The number of ether oxygens (including phenoxy) is 1. The van der Waals surface area contributed by atoms with Gasteiger partial charge in [0.05, 0.1) is 6.04 Å². The summed E-state index contributed by atoms with van der Waals surface area (Å²) >= 11 is 0. The molecule has 2 atom stereocenters. The van der Waals surface area contributed by atoms with Crippen molar-refractivity contribution in [2.24, 2.45) is 0 Å². The van der Waals surface area contributed by atoms with E-state index in [4.69, 9.17) is 4.74 Å². The Labute approximate surface area is 87.2 Å². The highest BCUT2D eigenvalue weighted by atomic mass is 16.6. The number of hydrogen-bond donors (Lipinski definition) is 2. The summed E-state index contributed by atoms with van der Waals surface area (Å²) in [6, 6.07) is -0.0623. The lowest BCUT2D eigenvalue weighted by Gasteiger charge is -2.22. The average Bonchev–Trinajstić information content (AvgIpc) is 2.21. The van der Waals surface area contributed by atoms with E-state index in [0.29, 0.717) is 6.61 Å². The highest BCUT2D eigenvalue weighted by Gasteiger charge is 2.13. The van der Waals surface area contributed by atoms with Gasteiger partial charge in [0, 0.05) is 12.3 Å². The van der Waals surface area contributed by atoms with E-state index in [0.717, 1.165) is 18.5 Å². The number of hydrogen-bond acceptors (Lipinski definition) is 3. The summed E-state index contributed by atoms with van der Waals surface area (Å²) in [4.78, 5) is 0. The van der Waals surface area contributed by atoms with Gasteiger partial charge in [-0.2, -0.15) is 0 Å². The molecule has 0 bridgehead atoms. The third-order valence-corrected chi connectivity index (χ3v) is 2.06. The summed E-state index contributed by atoms with van der Waals surface area (Å²) in [5.74, 6) is 0. The lowest BCUT2D eigenvalue weighted by Crippen LogP contribution is -2.38. The van der Waals surface area contributed by atoms with Crippen molar-refractivity contribution in [3.8, 4) is 0 Å². The quantitative estimate of drug-likeness (QED) is 0.619. The van der Waals surface area contributed by atoms with Crippen LogP contribution in [-0.2, 0) is 4.74 Å². The van der Waals surface area contributed by atoms with Crippen LogP contribution in [0, 0.1) is 0 Å². The summed E-state index contributed by atoms with van der Waals surface area (Å²) in [6.45, 7) is 8.60. The standard InChI is InChI=1S/C11H23NO2/c1-5-8-14-11(13)9(4)12-10(6-2)7-3/h6,9,11-13H,5,7-8H2,1-4H3/b10-6-. The Bertz CT molecular complexity index is 169. The van der Waals surface area contributed by atoms with Gasteiger partial charge in [0.2, 0.25) is 0 Å². The van der Waals surface area contributed by atoms with Gasteiger partial charge in [0.15, 0.2) is 6.29 Å². The van der Waals surface area contributed by atoms with Crippen LogP contribution >= 0.6 is 0 Å². The summed E-state index contributed by atoms with van der Waals surface area (Å²) in [7, 11) is 0. The molecule has 0 saturated heterocycles. The van der Waals surface area contributed by atoms with Crippen LogP contribution in [0.5, 0.6) is 0 Å². The van der Waals surface area contributed by atoms with Crippen molar-refractivity contribution in [3.05, 3.63) is 11.8 Å². The zero-order chi connectivity index (χ0) is 11.0. The Balaban J connectivity index is 3.87. The van der Waals surface area contributed by atoms with Crippen LogP contribution in [0.3, 0.4) is 0 Å². The molecule has 0 radical (unpaired) electrons. The Morgan fingerprint density at radius 2 is 2.14 bits per heavy atom. The van der Waals surface area contributed by atoms with E-state index in [1.54, 1.807) is 0 Å². The summed E-state index contributed by atoms with van der Waals surface area (Å²) in [6.07, 6.45) is 3.16. The van der Waals surface area contributed by atoms with Crippen LogP contribution in [0.2, 0.25) is 0 Å². The largest absolute Gasteiger partial charge is 0.381 e.